The van der Waals surface area contributed by atoms with E-state index in [4.69, 9.17) is 32.7 Å². The number of amides is 1. The van der Waals surface area contributed by atoms with Crippen molar-refractivity contribution in [2.45, 2.75) is 18.9 Å². The molecule has 1 aromatic heterocycles. The van der Waals surface area contributed by atoms with E-state index in [0.29, 0.717) is 20.9 Å². The van der Waals surface area contributed by atoms with E-state index in [1.807, 2.05) is 0 Å². The number of carbonyl (C=O) groups is 1. The highest BCUT2D eigenvalue weighted by molar-refractivity contribution is 7.15. The third-order valence-electron chi connectivity index (χ3n) is 3.14. The van der Waals surface area contributed by atoms with E-state index >= 15 is 0 Å². The summed E-state index contributed by atoms with van der Waals surface area (Å²) in [5, 5.41) is 12.7. The van der Waals surface area contributed by atoms with E-state index in [-0.39, 0.29) is 18.6 Å². The fourth-order valence-electron chi connectivity index (χ4n) is 2.08. The van der Waals surface area contributed by atoms with E-state index < -0.39 is 0 Å². The van der Waals surface area contributed by atoms with Crippen LogP contribution in [0.4, 0.5) is 5.13 Å². The van der Waals surface area contributed by atoms with Crippen molar-refractivity contribution in [1.29, 1.82) is 0 Å². The minimum absolute atomic E-state index is 0.0118. The van der Waals surface area contributed by atoms with Gasteiger partial charge in [0.1, 0.15) is 16.9 Å². The van der Waals surface area contributed by atoms with Gasteiger partial charge in [-0.25, -0.2) is 0 Å². The number of halogens is 2. The Labute approximate surface area is 146 Å². The van der Waals surface area contributed by atoms with Crippen molar-refractivity contribution in [1.82, 2.24) is 10.2 Å². The molecule has 122 valence electrons. The summed E-state index contributed by atoms with van der Waals surface area (Å²) in [5.41, 5.74) is 0. The van der Waals surface area contributed by atoms with Crippen molar-refractivity contribution in [3.8, 4) is 5.75 Å². The van der Waals surface area contributed by atoms with Gasteiger partial charge in [0, 0.05) is 11.6 Å². The first-order valence-electron chi connectivity index (χ1n) is 6.94. The van der Waals surface area contributed by atoms with Gasteiger partial charge in [0.15, 0.2) is 6.61 Å². The molecule has 0 bridgehead atoms. The standard InChI is InChI=1S/C14H13Cl2N3O3S/c15-8-3-4-10(9(16)6-8)22-7-12(20)17-14-19-18-13(23-14)11-2-1-5-21-11/h3-4,6,11H,1-2,5,7H2,(H,17,19,20). The van der Waals surface area contributed by atoms with Crippen LogP contribution in [0.1, 0.15) is 24.0 Å². The van der Waals surface area contributed by atoms with Crippen LogP contribution in [-0.4, -0.2) is 29.3 Å². The number of nitrogens with zero attached hydrogens (tertiary/aromatic N) is 2. The molecule has 1 aliphatic heterocycles. The molecule has 1 amide bonds. The third-order valence-corrected chi connectivity index (χ3v) is 4.61. The predicted molar refractivity (Wildman–Crippen MR) is 88.4 cm³/mol. The molecule has 1 unspecified atom stereocenters. The molecule has 2 aromatic rings. The maximum absolute atomic E-state index is 11.9. The Morgan fingerprint density at radius 2 is 2.30 bits per heavy atom. The molecule has 3 rings (SSSR count). The Bertz CT molecular complexity index is 704. The van der Waals surface area contributed by atoms with Crippen LogP contribution >= 0.6 is 34.5 Å². The molecule has 9 heteroatoms. The van der Waals surface area contributed by atoms with Crippen LogP contribution in [0.2, 0.25) is 10.0 Å². The lowest BCUT2D eigenvalue weighted by atomic mass is 10.2. The normalized spacial score (nSPS) is 17.2. The average Bonchev–Trinajstić information content (AvgIpc) is 3.17. The van der Waals surface area contributed by atoms with Crippen molar-refractivity contribution in [3.05, 3.63) is 33.3 Å². The van der Waals surface area contributed by atoms with Crippen molar-refractivity contribution >= 4 is 45.6 Å². The van der Waals surface area contributed by atoms with Crippen LogP contribution in [0.15, 0.2) is 18.2 Å². The summed E-state index contributed by atoms with van der Waals surface area (Å²) >= 11 is 13.1. The maximum atomic E-state index is 11.9. The minimum Gasteiger partial charge on any atom is -0.482 e. The molecule has 1 aliphatic rings. The first-order valence-corrected chi connectivity index (χ1v) is 8.52. The largest absolute Gasteiger partial charge is 0.482 e. The van der Waals surface area contributed by atoms with Crippen molar-refractivity contribution < 1.29 is 14.3 Å². The summed E-state index contributed by atoms with van der Waals surface area (Å²) in [7, 11) is 0. The number of benzene rings is 1. The van der Waals surface area contributed by atoms with Gasteiger partial charge in [0.25, 0.3) is 5.91 Å². The quantitative estimate of drug-likeness (QED) is 0.864. The van der Waals surface area contributed by atoms with Gasteiger partial charge in [0.05, 0.1) is 5.02 Å². The molecule has 1 fully saturated rings. The molecule has 23 heavy (non-hydrogen) atoms. The smallest absolute Gasteiger partial charge is 0.264 e. The molecule has 1 atom stereocenters. The molecular formula is C14H13Cl2N3O3S. The van der Waals surface area contributed by atoms with Gasteiger partial charge in [-0.2, -0.15) is 0 Å². The second-order valence-corrected chi connectivity index (χ2v) is 6.71. The molecule has 6 nitrogen and oxygen atoms in total. The lowest BCUT2D eigenvalue weighted by Gasteiger charge is -2.07. The number of hydrogen-bond donors (Lipinski definition) is 1. The Kier molecular flexibility index (Phi) is 5.32. The zero-order valence-electron chi connectivity index (χ0n) is 11.9. The van der Waals surface area contributed by atoms with Crippen molar-refractivity contribution in [3.63, 3.8) is 0 Å². The third kappa shape index (κ3) is 4.32. The molecular weight excluding hydrogens is 361 g/mol. The molecule has 1 saturated heterocycles. The van der Waals surface area contributed by atoms with Gasteiger partial charge in [0.2, 0.25) is 5.13 Å². The number of hydrogen-bond acceptors (Lipinski definition) is 6. The van der Waals surface area contributed by atoms with E-state index in [2.05, 4.69) is 15.5 Å². The zero-order valence-corrected chi connectivity index (χ0v) is 14.2. The highest BCUT2D eigenvalue weighted by atomic mass is 35.5. The summed E-state index contributed by atoms with van der Waals surface area (Å²) in [6.07, 6.45) is 1.94. The van der Waals surface area contributed by atoms with E-state index in [1.54, 1.807) is 18.2 Å². The first kappa shape index (κ1) is 16.4. The van der Waals surface area contributed by atoms with E-state index in [1.165, 1.54) is 11.3 Å². The van der Waals surface area contributed by atoms with Gasteiger partial charge < -0.3 is 9.47 Å². The number of aromatic nitrogens is 2. The lowest BCUT2D eigenvalue weighted by molar-refractivity contribution is -0.118. The second kappa shape index (κ2) is 7.44. The Morgan fingerprint density at radius 1 is 1.43 bits per heavy atom. The molecule has 0 spiro atoms. The molecule has 1 N–H and O–H groups in total. The topological polar surface area (TPSA) is 73.3 Å². The van der Waals surface area contributed by atoms with E-state index in [9.17, 15) is 4.79 Å². The van der Waals surface area contributed by atoms with Gasteiger partial charge >= 0.3 is 0 Å². The highest BCUT2D eigenvalue weighted by Crippen LogP contribution is 2.32. The molecule has 1 aromatic carbocycles. The van der Waals surface area contributed by atoms with Gasteiger partial charge in [-0.15, -0.1) is 10.2 Å². The lowest BCUT2D eigenvalue weighted by Crippen LogP contribution is -2.20. The first-order chi connectivity index (χ1) is 11.1. The van der Waals surface area contributed by atoms with E-state index in [0.717, 1.165) is 24.5 Å². The highest BCUT2D eigenvalue weighted by Gasteiger charge is 2.22. The summed E-state index contributed by atoms with van der Waals surface area (Å²) in [6, 6.07) is 4.80. The summed E-state index contributed by atoms with van der Waals surface area (Å²) in [6.45, 7) is 0.553. The molecule has 0 aliphatic carbocycles. The zero-order chi connectivity index (χ0) is 16.2. The fraction of sp³-hybridized carbons (Fsp3) is 0.357. The maximum Gasteiger partial charge on any atom is 0.264 e. The number of rotatable bonds is 5. The van der Waals surface area contributed by atoms with Crippen LogP contribution in [-0.2, 0) is 9.53 Å². The van der Waals surface area contributed by atoms with Gasteiger partial charge in [-0.3, -0.25) is 10.1 Å². The Balaban J connectivity index is 1.53. The number of anilines is 1. The minimum atomic E-state index is -0.342. The van der Waals surface area contributed by atoms with Crippen LogP contribution in [0.5, 0.6) is 5.75 Å². The van der Waals surface area contributed by atoms with Gasteiger partial charge in [-0.1, -0.05) is 34.5 Å². The van der Waals surface area contributed by atoms with Crippen LogP contribution in [0.3, 0.4) is 0 Å². The fourth-order valence-corrected chi connectivity index (χ4v) is 3.39. The summed E-state index contributed by atoms with van der Waals surface area (Å²) < 4.78 is 10.9. The number of ether oxygens (including phenoxy) is 2. The molecule has 0 saturated carbocycles. The number of carbonyl (C=O) groups excluding carboxylic acids is 1. The Hall–Kier alpha value is -1.41. The molecule has 0 radical (unpaired) electrons. The van der Waals surface area contributed by atoms with Crippen molar-refractivity contribution in [2.24, 2.45) is 0 Å². The SMILES string of the molecule is O=C(COc1ccc(Cl)cc1Cl)Nc1nnc(C2CCCO2)s1. The number of nitrogens with one attached hydrogen (secondary N) is 1. The average molecular weight is 374 g/mol. The molecule has 2 heterocycles. The Morgan fingerprint density at radius 3 is 3.04 bits per heavy atom. The van der Waals surface area contributed by atoms with Crippen LogP contribution in [0, 0.1) is 0 Å². The van der Waals surface area contributed by atoms with Crippen LogP contribution in [0.25, 0.3) is 0 Å². The second-order valence-electron chi connectivity index (χ2n) is 4.86. The van der Waals surface area contributed by atoms with Crippen molar-refractivity contribution in [2.75, 3.05) is 18.5 Å². The monoisotopic (exact) mass is 373 g/mol. The van der Waals surface area contributed by atoms with Crippen LogP contribution < -0.4 is 10.1 Å². The summed E-state index contributed by atoms with van der Waals surface area (Å²) in [4.78, 5) is 11.9. The summed E-state index contributed by atoms with van der Waals surface area (Å²) in [5.74, 6) is 0.0505. The predicted octanol–water partition coefficient (Wildman–Crippen LogP) is 3.71. The van der Waals surface area contributed by atoms with Gasteiger partial charge in [-0.05, 0) is 31.0 Å².